The van der Waals surface area contributed by atoms with Crippen molar-refractivity contribution in [3.05, 3.63) is 30.3 Å². The van der Waals surface area contributed by atoms with Crippen molar-refractivity contribution >= 4 is 17.5 Å². The highest BCUT2D eigenvalue weighted by Crippen LogP contribution is 2.29. The van der Waals surface area contributed by atoms with Gasteiger partial charge in [0.05, 0.1) is 11.4 Å². The molecule has 2 heterocycles. The highest BCUT2D eigenvalue weighted by Gasteiger charge is 2.37. The summed E-state index contributed by atoms with van der Waals surface area (Å²) in [6, 6.07) is 3.71. The van der Waals surface area contributed by atoms with E-state index in [1.165, 1.54) is 35.6 Å². The van der Waals surface area contributed by atoms with Crippen LogP contribution in [0.25, 0.3) is 5.69 Å². The maximum atomic E-state index is 14.2. The molecule has 1 saturated carbocycles. The highest BCUT2D eigenvalue weighted by atomic mass is 19.1. The number of nitrogens with zero attached hydrogens (tertiary/aromatic N) is 5. The second kappa shape index (κ2) is 8.04. The molecule has 2 fully saturated rings. The lowest BCUT2D eigenvalue weighted by Crippen LogP contribution is -2.46. The molecule has 1 aromatic heterocycles. The van der Waals surface area contributed by atoms with Crippen LogP contribution in [-0.2, 0) is 9.59 Å². The third-order valence-electron chi connectivity index (χ3n) is 5.61. The summed E-state index contributed by atoms with van der Waals surface area (Å²) in [5.74, 6) is -0.815. The van der Waals surface area contributed by atoms with Gasteiger partial charge in [-0.05, 0) is 54.3 Å². The molecule has 1 N–H and O–H groups in total. The van der Waals surface area contributed by atoms with Crippen molar-refractivity contribution in [2.45, 2.75) is 51.0 Å². The number of halogens is 1. The van der Waals surface area contributed by atoms with Gasteiger partial charge in [-0.3, -0.25) is 9.59 Å². The summed E-state index contributed by atoms with van der Waals surface area (Å²) in [4.78, 5) is 27.4. The minimum Gasteiger partial charge on any atom is -0.330 e. The Morgan fingerprint density at radius 2 is 1.93 bits per heavy atom. The van der Waals surface area contributed by atoms with Crippen molar-refractivity contribution < 1.29 is 14.0 Å². The summed E-state index contributed by atoms with van der Waals surface area (Å²) in [6.45, 7) is 0.584. The van der Waals surface area contributed by atoms with Crippen LogP contribution in [0.4, 0.5) is 10.1 Å². The lowest BCUT2D eigenvalue weighted by molar-refractivity contribution is -0.141. The predicted octanol–water partition coefficient (Wildman–Crippen LogP) is 2.31. The molecule has 1 saturated heterocycles. The topological polar surface area (TPSA) is 93.0 Å². The number of tetrazole rings is 1. The van der Waals surface area contributed by atoms with Crippen LogP contribution in [0.3, 0.4) is 0 Å². The fourth-order valence-corrected chi connectivity index (χ4v) is 4.13. The Kier molecular flexibility index (Phi) is 5.31. The van der Waals surface area contributed by atoms with Crippen molar-refractivity contribution in [1.29, 1.82) is 0 Å². The standard InChI is InChI=1S/C19H23FN6O2/c20-15-9-8-14(26-12-21-23-24-26)11-16(15)22-18(27)17-7-4-10-25(17)19(28)13-5-2-1-3-6-13/h8-9,11-13,17H,1-7,10H2,(H,22,27). The van der Waals surface area contributed by atoms with E-state index < -0.39 is 11.9 Å². The second-order valence-corrected chi connectivity index (χ2v) is 7.43. The van der Waals surface area contributed by atoms with Gasteiger partial charge in [-0.1, -0.05) is 19.3 Å². The van der Waals surface area contributed by atoms with Crippen LogP contribution in [0.15, 0.2) is 24.5 Å². The molecule has 4 rings (SSSR count). The van der Waals surface area contributed by atoms with Gasteiger partial charge in [0.25, 0.3) is 0 Å². The first-order valence-corrected chi connectivity index (χ1v) is 9.78. The number of carbonyl (C=O) groups is 2. The number of hydrogen-bond acceptors (Lipinski definition) is 5. The minimum absolute atomic E-state index is 0.0158. The van der Waals surface area contributed by atoms with Gasteiger partial charge in [0.15, 0.2) is 0 Å². The van der Waals surface area contributed by atoms with Gasteiger partial charge >= 0.3 is 0 Å². The molecule has 0 radical (unpaired) electrons. The molecule has 9 heteroatoms. The molecule has 1 aliphatic carbocycles. The van der Waals surface area contributed by atoms with Crippen molar-refractivity contribution in [3.63, 3.8) is 0 Å². The fraction of sp³-hybridized carbons (Fsp3) is 0.526. The summed E-state index contributed by atoms with van der Waals surface area (Å²) in [5.41, 5.74) is 0.582. The Morgan fingerprint density at radius 3 is 2.68 bits per heavy atom. The highest BCUT2D eigenvalue weighted by molar-refractivity contribution is 5.98. The number of hydrogen-bond donors (Lipinski definition) is 1. The monoisotopic (exact) mass is 386 g/mol. The number of nitrogens with one attached hydrogen (secondary N) is 1. The Bertz CT molecular complexity index is 850. The molecule has 2 amide bonds. The van der Waals surface area contributed by atoms with Crippen LogP contribution in [0.1, 0.15) is 44.9 Å². The van der Waals surface area contributed by atoms with E-state index in [9.17, 15) is 14.0 Å². The summed E-state index contributed by atoms with van der Waals surface area (Å²) in [6.07, 6.45) is 7.86. The zero-order valence-corrected chi connectivity index (χ0v) is 15.6. The van der Waals surface area contributed by atoms with E-state index in [2.05, 4.69) is 20.8 Å². The molecular weight excluding hydrogens is 363 g/mol. The predicted molar refractivity (Wildman–Crippen MR) is 99.1 cm³/mol. The molecule has 148 valence electrons. The molecule has 2 aromatic rings. The van der Waals surface area contributed by atoms with Crippen LogP contribution in [0.2, 0.25) is 0 Å². The van der Waals surface area contributed by atoms with Gasteiger partial charge in [-0.15, -0.1) is 5.10 Å². The molecule has 1 aromatic carbocycles. The Balaban J connectivity index is 1.48. The molecule has 0 bridgehead atoms. The second-order valence-electron chi connectivity index (χ2n) is 7.43. The van der Waals surface area contributed by atoms with E-state index in [0.29, 0.717) is 18.7 Å². The molecule has 0 spiro atoms. The number of rotatable bonds is 4. The van der Waals surface area contributed by atoms with E-state index >= 15 is 0 Å². The van der Waals surface area contributed by atoms with Crippen LogP contribution in [0.5, 0.6) is 0 Å². The van der Waals surface area contributed by atoms with Crippen molar-refractivity contribution in [2.75, 3.05) is 11.9 Å². The molecule has 1 atom stereocenters. The molecule has 28 heavy (non-hydrogen) atoms. The van der Waals surface area contributed by atoms with E-state index in [4.69, 9.17) is 0 Å². The van der Waals surface area contributed by atoms with Crippen molar-refractivity contribution in [2.24, 2.45) is 5.92 Å². The molecule has 1 aliphatic heterocycles. The smallest absolute Gasteiger partial charge is 0.247 e. The molecule has 8 nitrogen and oxygen atoms in total. The first-order valence-electron chi connectivity index (χ1n) is 9.78. The summed E-state index contributed by atoms with van der Waals surface area (Å²) in [5, 5.41) is 13.5. The average Bonchev–Trinajstić information content (AvgIpc) is 3.42. The average molecular weight is 386 g/mol. The number of aromatic nitrogens is 4. The van der Waals surface area contributed by atoms with Crippen LogP contribution in [-0.4, -0.2) is 49.5 Å². The van der Waals surface area contributed by atoms with E-state index in [1.807, 2.05) is 0 Å². The Morgan fingerprint density at radius 1 is 1.11 bits per heavy atom. The van der Waals surface area contributed by atoms with E-state index in [0.717, 1.165) is 32.1 Å². The van der Waals surface area contributed by atoms with Gasteiger partial charge in [0.1, 0.15) is 18.2 Å². The lowest BCUT2D eigenvalue weighted by Gasteiger charge is -2.30. The summed E-state index contributed by atoms with van der Waals surface area (Å²) in [7, 11) is 0. The number of benzene rings is 1. The fourth-order valence-electron chi connectivity index (χ4n) is 4.13. The maximum Gasteiger partial charge on any atom is 0.247 e. The Hall–Kier alpha value is -2.84. The third-order valence-corrected chi connectivity index (χ3v) is 5.61. The summed E-state index contributed by atoms with van der Waals surface area (Å²) >= 11 is 0. The van der Waals surface area contributed by atoms with Gasteiger partial charge in [0.2, 0.25) is 11.8 Å². The lowest BCUT2D eigenvalue weighted by atomic mass is 9.88. The van der Waals surface area contributed by atoms with Crippen LogP contribution >= 0.6 is 0 Å². The quantitative estimate of drug-likeness (QED) is 0.870. The summed E-state index contributed by atoms with van der Waals surface area (Å²) < 4.78 is 15.6. The maximum absolute atomic E-state index is 14.2. The first-order chi connectivity index (χ1) is 13.6. The molecule has 1 unspecified atom stereocenters. The number of likely N-dealkylation sites (tertiary alicyclic amines) is 1. The van der Waals surface area contributed by atoms with Crippen molar-refractivity contribution in [1.82, 2.24) is 25.1 Å². The Labute approximate surface area is 162 Å². The van der Waals surface area contributed by atoms with Gasteiger partial charge in [0, 0.05) is 12.5 Å². The van der Waals surface area contributed by atoms with E-state index in [1.54, 1.807) is 4.90 Å². The van der Waals surface area contributed by atoms with E-state index in [-0.39, 0.29) is 23.4 Å². The SMILES string of the molecule is O=C(Nc1cc(-n2cnnn2)ccc1F)C1CCCN1C(=O)C1CCCCC1. The first kappa shape index (κ1) is 18.5. The largest absolute Gasteiger partial charge is 0.330 e. The molecular formula is C19H23FN6O2. The number of carbonyl (C=O) groups excluding carboxylic acids is 2. The zero-order valence-electron chi connectivity index (χ0n) is 15.6. The van der Waals surface area contributed by atoms with Crippen LogP contribution < -0.4 is 5.32 Å². The van der Waals surface area contributed by atoms with Crippen LogP contribution in [0, 0.1) is 11.7 Å². The van der Waals surface area contributed by atoms with Gasteiger partial charge < -0.3 is 10.2 Å². The number of anilines is 1. The van der Waals surface area contributed by atoms with Gasteiger partial charge in [-0.2, -0.15) is 0 Å². The normalized spacial score (nSPS) is 20.3. The number of amides is 2. The van der Waals surface area contributed by atoms with Gasteiger partial charge in [-0.25, -0.2) is 9.07 Å². The minimum atomic E-state index is -0.550. The van der Waals surface area contributed by atoms with Crippen molar-refractivity contribution in [3.8, 4) is 5.69 Å². The zero-order chi connectivity index (χ0) is 19.5. The third kappa shape index (κ3) is 3.74. The molecule has 2 aliphatic rings.